The van der Waals surface area contributed by atoms with Gasteiger partial charge in [-0.05, 0) is 24.8 Å². The van der Waals surface area contributed by atoms with Crippen LogP contribution >= 0.6 is 0 Å². The number of amides is 2. The summed E-state index contributed by atoms with van der Waals surface area (Å²) in [4.78, 5) is 27.1. The summed E-state index contributed by atoms with van der Waals surface area (Å²) < 4.78 is 0. The predicted molar refractivity (Wildman–Crippen MR) is 70.9 cm³/mol. The lowest BCUT2D eigenvalue weighted by Crippen LogP contribution is -2.54. The Morgan fingerprint density at radius 1 is 1.11 bits per heavy atom. The van der Waals surface area contributed by atoms with Crippen LogP contribution in [0, 0.1) is 5.41 Å². The summed E-state index contributed by atoms with van der Waals surface area (Å²) in [6, 6.07) is 0. The molecule has 2 amide bonds. The van der Waals surface area contributed by atoms with Gasteiger partial charge in [-0.1, -0.05) is 20.8 Å². The van der Waals surface area contributed by atoms with Gasteiger partial charge in [0.1, 0.15) is 0 Å². The minimum atomic E-state index is 0.0177. The van der Waals surface area contributed by atoms with Gasteiger partial charge in [-0.2, -0.15) is 0 Å². The van der Waals surface area contributed by atoms with Gasteiger partial charge in [0.2, 0.25) is 11.8 Å². The number of nitrogens with zero attached hydrogens (tertiary/aromatic N) is 2. The molecule has 104 valence electrons. The van der Waals surface area contributed by atoms with Gasteiger partial charge in [0.25, 0.3) is 0 Å². The van der Waals surface area contributed by atoms with Crippen LogP contribution in [0.4, 0.5) is 0 Å². The van der Waals surface area contributed by atoms with E-state index < -0.39 is 0 Å². The molecule has 0 atom stereocenters. The third kappa shape index (κ3) is 3.98. The molecule has 2 N–H and O–H groups in total. The van der Waals surface area contributed by atoms with Crippen molar-refractivity contribution < 1.29 is 9.59 Å². The number of carbonyl (C=O) groups excluding carboxylic acids is 2. The van der Waals surface area contributed by atoms with Crippen LogP contribution in [0.25, 0.3) is 0 Å². The lowest BCUT2D eigenvalue weighted by Gasteiger charge is -2.35. The Labute approximate surface area is 109 Å². The first-order valence-corrected chi connectivity index (χ1v) is 6.65. The van der Waals surface area contributed by atoms with Crippen molar-refractivity contribution in [3.8, 4) is 0 Å². The minimum Gasteiger partial charge on any atom is -0.332 e. The molecule has 1 aliphatic rings. The molecule has 0 bridgehead atoms. The zero-order valence-corrected chi connectivity index (χ0v) is 11.7. The molecule has 5 nitrogen and oxygen atoms in total. The third-order valence-electron chi connectivity index (χ3n) is 3.46. The van der Waals surface area contributed by atoms with E-state index in [1.807, 2.05) is 6.92 Å². The molecule has 1 saturated heterocycles. The minimum absolute atomic E-state index is 0.0177. The van der Waals surface area contributed by atoms with Gasteiger partial charge < -0.3 is 15.5 Å². The zero-order valence-electron chi connectivity index (χ0n) is 11.7. The molecule has 0 radical (unpaired) electrons. The van der Waals surface area contributed by atoms with E-state index in [4.69, 9.17) is 5.73 Å². The molecule has 5 heteroatoms. The van der Waals surface area contributed by atoms with Crippen LogP contribution in [0.3, 0.4) is 0 Å². The first kappa shape index (κ1) is 15.0. The van der Waals surface area contributed by atoms with E-state index in [9.17, 15) is 9.59 Å². The van der Waals surface area contributed by atoms with E-state index >= 15 is 0 Å². The van der Waals surface area contributed by atoms with Crippen LogP contribution in [0.1, 0.15) is 33.6 Å². The Balaban J connectivity index is 2.50. The molecule has 1 aliphatic heterocycles. The molecule has 18 heavy (non-hydrogen) atoms. The van der Waals surface area contributed by atoms with Gasteiger partial charge in [-0.3, -0.25) is 9.59 Å². The number of hydrogen-bond donors (Lipinski definition) is 1. The SMILES string of the molecule is CCCN1CC(=O)N(CCC(C)(C)CN)CC1=O. The Morgan fingerprint density at radius 2 is 1.61 bits per heavy atom. The summed E-state index contributed by atoms with van der Waals surface area (Å²) in [5.74, 6) is 0.109. The lowest BCUT2D eigenvalue weighted by atomic mass is 9.89. The van der Waals surface area contributed by atoms with Crippen LogP contribution in [-0.2, 0) is 9.59 Å². The fourth-order valence-electron chi connectivity index (χ4n) is 1.92. The van der Waals surface area contributed by atoms with E-state index in [0.29, 0.717) is 19.6 Å². The van der Waals surface area contributed by atoms with Crippen molar-refractivity contribution in [2.45, 2.75) is 33.6 Å². The van der Waals surface area contributed by atoms with Gasteiger partial charge in [0.15, 0.2) is 0 Å². The molecule has 0 aliphatic carbocycles. The van der Waals surface area contributed by atoms with Crippen molar-refractivity contribution in [2.75, 3.05) is 32.7 Å². The monoisotopic (exact) mass is 255 g/mol. The van der Waals surface area contributed by atoms with E-state index in [0.717, 1.165) is 12.8 Å². The summed E-state index contributed by atoms with van der Waals surface area (Å²) >= 11 is 0. The largest absolute Gasteiger partial charge is 0.332 e. The van der Waals surface area contributed by atoms with E-state index in [1.165, 1.54) is 0 Å². The van der Waals surface area contributed by atoms with Gasteiger partial charge in [0, 0.05) is 13.1 Å². The first-order valence-electron chi connectivity index (χ1n) is 6.65. The Hall–Kier alpha value is -1.10. The number of nitrogens with two attached hydrogens (primary N) is 1. The van der Waals surface area contributed by atoms with Crippen LogP contribution in [0.15, 0.2) is 0 Å². The van der Waals surface area contributed by atoms with Crippen molar-refractivity contribution in [3.63, 3.8) is 0 Å². The van der Waals surface area contributed by atoms with Crippen LogP contribution in [0.2, 0.25) is 0 Å². The molecule has 0 aromatic rings. The smallest absolute Gasteiger partial charge is 0.242 e. The Bertz CT molecular complexity index is 315. The van der Waals surface area contributed by atoms with Gasteiger partial charge in [0.05, 0.1) is 13.1 Å². The molecular formula is C13H25N3O2. The van der Waals surface area contributed by atoms with Crippen molar-refractivity contribution >= 4 is 11.8 Å². The normalized spacial score (nSPS) is 17.6. The summed E-state index contributed by atoms with van der Waals surface area (Å²) in [7, 11) is 0. The van der Waals surface area contributed by atoms with Crippen LogP contribution < -0.4 is 5.73 Å². The maximum absolute atomic E-state index is 11.9. The molecule has 0 saturated carbocycles. The topological polar surface area (TPSA) is 66.6 Å². The summed E-state index contributed by atoms with van der Waals surface area (Å²) in [5, 5.41) is 0. The van der Waals surface area contributed by atoms with Crippen molar-refractivity contribution in [1.29, 1.82) is 0 Å². The number of piperazine rings is 1. The Kier molecular flexibility index (Phi) is 5.14. The highest BCUT2D eigenvalue weighted by molar-refractivity contribution is 5.92. The molecule has 1 rings (SSSR count). The summed E-state index contributed by atoms with van der Waals surface area (Å²) in [6.45, 7) is 8.49. The highest BCUT2D eigenvalue weighted by Crippen LogP contribution is 2.19. The highest BCUT2D eigenvalue weighted by atomic mass is 16.2. The zero-order chi connectivity index (χ0) is 13.8. The predicted octanol–water partition coefficient (Wildman–Crippen LogP) is 0.442. The molecule has 1 fully saturated rings. The number of hydrogen-bond acceptors (Lipinski definition) is 3. The second-order valence-corrected chi connectivity index (χ2v) is 5.75. The molecule has 0 unspecified atom stereocenters. The van der Waals surface area contributed by atoms with Crippen LogP contribution in [0.5, 0.6) is 0 Å². The van der Waals surface area contributed by atoms with Crippen molar-refractivity contribution in [3.05, 3.63) is 0 Å². The first-order chi connectivity index (χ1) is 8.39. The maximum Gasteiger partial charge on any atom is 0.242 e. The van der Waals surface area contributed by atoms with Crippen molar-refractivity contribution in [2.24, 2.45) is 11.1 Å². The molecule has 0 spiro atoms. The maximum atomic E-state index is 11.9. The molecule has 1 heterocycles. The fourth-order valence-corrected chi connectivity index (χ4v) is 1.92. The fraction of sp³-hybridized carbons (Fsp3) is 0.846. The number of carbonyl (C=O) groups is 2. The average molecular weight is 255 g/mol. The highest BCUT2D eigenvalue weighted by Gasteiger charge is 2.30. The summed E-state index contributed by atoms with van der Waals surface area (Å²) in [6.07, 6.45) is 1.72. The van der Waals surface area contributed by atoms with Crippen LogP contribution in [-0.4, -0.2) is 54.3 Å². The second-order valence-electron chi connectivity index (χ2n) is 5.75. The lowest BCUT2D eigenvalue weighted by molar-refractivity contribution is -0.150. The van der Waals surface area contributed by atoms with E-state index in [-0.39, 0.29) is 30.3 Å². The van der Waals surface area contributed by atoms with E-state index in [2.05, 4.69) is 13.8 Å². The molecule has 0 aromatic carbocycles. The van der Waals surface area contributed by atoms with E-state index in [1.54, 1.807) is 9.80 Å². The molecular weight excluding hydrogens is 230 g/mol. The number of rotatable bonds is 6. The molecule has 0 aromatic heterocycles. The summed E-state index contributed by atoms with van der Waals surface area (Å²) in [5.41, 5.74) is 5.68. The van der Waals surface area contributed by atoms with Gasteiger partial charge >= 0.3 is 0 Å². The third-order valence-corrected chi connectivity index (χ3v) is 3.46. The second kappa shape index (κ2) is 6.18. The Morgan fingerprint density at radius 3 is 2.06 bits per heavy atom. The standard InChI is InChI=1S/C13H25N3O2/c1-4-6-15-8-12(18)16(9-11(15)17)7-5-13(2,3)10-14/h4-10,14H2,1-3H3. The van der Waals surface area contributed by atoms with Gasteiger partial charge in [-0.15, -0.1) is 0 Å². The quantitative estimate of drug-likeness (QED) is 0.749. The van der Waals surface area contributed by atoms with Gasteiger partial charge in [-0.25, -0.2) is 0 Å². The van der Waals surface area contributed by atoms with Crippen molar-refractivity contribution in [1.82, 2.24) is 9.80 Å². The average Bonchev–Trinajstić information content (AvgIpc) is 2.32.